The number of carbonyl (C=O) groups is 1. The number of benzene rings is 2. The first-order chi connectivity index (χ1) is 12.7. The molecule has 3 rings (SSSR count). The van der Waals surface area contributed by atoms with Crippen molar-refractivity contribution in [2.24, 2.45) is 0 Å². The Balaban J connectivity index is 1.93. The molecule has 1 aliphatic heterocycles. The van der Waals surface area contributed by atoms with Gasteiger partial charge < -0.3 is 10.4 Å². The highest BCUT2D eigenvalue weighted by Crippen LogP contribution is 2.30. The van der Waals surface area contributed by atoms with E-state index < -0.39 is 10.0 Å². The van der Waals surface area contributed by atoms with Crippen molar-refractivity contribution in [3.05, 3.63) is 52.6 Å². The van der Waals surface area contributed by atoms with Gasteiger partial charge in [0.25, 0.3) is 5.91 Å². The summed E-state index contributed by atoms with van der Waals surface area (Å²) in [6.45, 7) is 6.64. The number of aryl methyl sites for hydroxylation is 3. The number of rotatable bonds is 4. The summed E-state index contributed by atoms with van der Waals surface area (Å²) in [5, 5.41) is 12.8. The van der Waals surface area contributed by atoms with Gasteiger partial charge in [0.2, 0.25) is 10.0 Å². The second-order valence-corrected chi connectivity index (χ2v) is 8.96. The Labute approximate surface area is 159 Å². The van der Waals surface area contributed by atoms with E-state index in [9.17, 15) is 18.3 Å². The lowest BCUT2D eigenvalue weighted by atomic mass is 9.99. The molecule has 7 heteroatoms. The molecule has 0 unspecified atom stereocenters. The third kappa shape index (κ3) is 3.84. The lowest BCUT2D eigenvalue weighted by Crippen LogP contribution is -2.28. The Morgan fingerprint density at radius 3 is 2.22 bits per heavy atom. The van der Waals surface area contributed by atoms with Crippen LogP contribution in [0.25, 0.3) is 0 Å². The maximum Gasteiger partial charge on any atom is 0.256 e. The molecule has 0 saturated carbocycles. The van der Waals surface area contributed by atoms with Gasteiger partial charge in [-0.05, 0) is 62.9 Å². The highest BCUT2D eigenvalue weighted by molar-refractivity contribution is 7.89. The van der Waals surface area contributed by atoms with Crippen LogP contribution in [-0.2, 0) is 10.0 Å². The first-order valence-electron chi connectivity index (χ1n) is 8.92. The molecule has 2 N–H and O–H groups in total. The van der Waals surface area contributed by atoms with E-state index in [1.54, 1.807) is 0 Å². The number of anilines is 1. The van der Waals surface area contributed by atoms with E-state index in [0.717, 1.165) is 29.5 Å². The minimum atomic E-state index is -3.63. The lowest BCUT2D eigenvalue weighted by Gasteiger charge is -2.17. The summed E-state index contributed by atoms with van der Waals surface area (Å²) < 4.78 is 26.9. The molecule has 2 aromatic carbocycles. The Kier molecular flexibility index (Phi) is 5.26. The van der Waals surface area contributed by atoms with Crippen LogP contribution in [0.2, 0.25) is 0 Å². The molecule has 0 atom stereocenters. The summed E-state index contributed by atoms with van der Waals surface area (Å²) in [5.41, 5.74) is 3.31. The average molecular weight is 388 g/mol. The molecule has 0 radical (unpaired) electrons. The fourth-order valence-corrected chi connectivity index (χ4v) is 5.12. The molecule has 1 amide bonds. The number of sulfonamides is 1. The monoisotopic (exact) mass is 388 g/mol. The van der Waals surface area contributed by atoms with Crippen molar-refractivity contribution >= 4 is 21.6 Å². The molecular weight excluding hydrogens is 364 g/mol. The van der Waals surface area contributed by atoms with Gasteiger partial charge in [-0.25, -0.2) is 8.42 Å². The van der Waals surface area contributed by atoms with Gasteiger partial charge in [-0.15, -0.1) is 0 Å². The van der Waals surface area contributed by atoms with E-state index in [1.165, 1.54) is 22.5 Å². The minimum absolute atomic E-state index is 0.0647. The van der Waals surface area contributed by atoms with Crippen molar-refractivity contribution in [1.29, 1.82) is 0 Å². The van der Waals surface area contributed by atoms with Crippen molar-refractivity contribution in [3.63, 3.8) is 0 Å². The zero-order valence-electron chi connectivity index (χ0n) is 15.7. The number of phenols is 1. The number of nitrogens with zero attached hydrogens (tertiary/aromatic N) is 1. The van der Waals surface area contributed by atoms with E-state index in [0.29, 0.717) is 18.7 Å². The molecule has 2 aromatic rings. The Bertz CT molecular complexity index is 970. The number of phenolic OH excluding ortho intramolecular Hbond substituents is 1. The predicted octanol–water partition coefficient (Wildman–Crippen LogP) is 3.35. The summed E-state index contributed by atoms with van der Waals surface area (Å²) in [6, 6.07) is 7.81. The van der Waals surface area contributed by atoms with E-state index in [-0.39, 0.29) is 22.2 Å². The summed E-state index contributed by atoms with van der Waals surface area (Å²) in [5.74, 6) is -0.554. The number of amides is 1. The van der Waals surface area contributed by atoms with Crippen LogP contribution in [0.3, 0.4) is 0 Å². The zero-order valence-corrected chi connectivity index (χ0v) is 16.6. The number of aromatic hydroxyl groups is 1. The van der Waals surface area contributed by atoms with E-state index in [1.807, 2.05) is 32.9 Å². The smallest absolute Gasteiger partial charge is 0.256 e. The largest absolute Gasteiger partial charge is 0.506 e. The van der Waals surface area contributed by atoms with Gasteiger partial charge in [-0.2, -0.15) is 4.31 Å². The Morgan fingerprint density at radius 1 is 1.04 bits per heavy atom. The fraction of sp³-hybridized carbons (Fsp3) is 0.350. The normalized spacial score (nSPS) is 15.1. The first kappa shape index (κ1) is 19.4. The van der Waals surface area contributed by atoms with Crippen LogP contribution in [0.5, 0.6) is 5.75 Å². The van der Waals surface area contributed by atoms with Gasteiger partial charge in [0.05, 0.1) is 10.6 Å². The first-order valence-corrected chi connectivity index (χ1v) is 10.4. The van der Waals surface area contributed by atoms with Crippen molar-refractivity contribution in [1.82, 2.24) is 4.31 Å². The summed E-state index contributed by atoms with van der Waals surface area (Å²) in [6.07, 6.45) is 1.68. The van der Waals surface area contributed by atoms with Crippen molar-refractivity contribution in [3.8, 4) is 5.75 Å². The molecule has 6 nitrogen and oxygen atoms in total. The highest BCUT2D eigenvalue weighted by Gasteiger charge is 2.28. The molecule has 1 heterocycles. The molecule has 1 aliphatic rings. The molecule has 0 aliphatic carbocycles. The molecule has 1 fully saturated rings. The van der Waals surface area contributed by atoms with Gasteiger partial charge in [-0.1, -0.05) is 17.7 Å². The van der Waals surface area contributed by atoms with Gasteiger partial charge in [0.1, 0.15) is 5.75 Å². The van der Waals surface area contributed by atoms with Crippen LogP contribution in [0.15, 0.2) is 35.2 Å². The van der Waals surface area contributed by atoms with Crippen LogP contribution in [-0.4, -0.2) is 36.8 Å². The second-order valence-electron chi connectivity index (χ2n) is 7.02. The number of hydrogen-bond acceptors (Lipinski definition) is 4. The maximum atomic E-state index is 12.8. The zero-order chi connectivity index (χ0) is 19.8. The van der Waals surface area contributed by atoms with Crippen molar-refractivity contribution in [2.45, 2.75) is 38.5 Å². The molecule has 0 bridgehead atoms. The third-order valence-electron chi connectivity index (χ3n) is 4.82. The number of hydrogen-bond donors (Lipinski definition) is 2. The van der Waals surface area contributed by atoms with Crippen LogP contribution in [0.4, 0.5) is 5.69 Å². The lowest BCUT2D eigenvalue weighted by molar-refractivity contribution is 0.102. The molecule has 0 aromatic heterocycles. The number of carbonyl (C=O) groups excluding carboxylic acids is 1. The molecule has 0 spiro atoms. The Morgan fingerprint density at radius 2 is 1.63 bits per heavy atom. The molecule has 1 saturated heterocycles. The number of nitrogens with one attached hydrogen (secondary N) is 1. The van der Waals surface area contributed by atoms with Crippen molar-refractivity contribution in [2.75, 3.05) is 18.4 Å². The fourth-order valence-electron chi connectivity index (χ4n) is 3.58. The Hall–Kier alpha value is -2.38. The SMILES string of the molecule is Cc1cc(C)c(C(=O)Nc2cc(S(=O)(=O)N3CCCC3)ccc2O)c(C)c1. The summed E-state index contributed by atoms with van der Waals surface area (Å²) in [7, 11) is -3.63. The summed E-state index contributed by atoms with van der Waals surface area (Å²) in [4.78, 5) is 12.8. The van der Waals surface area contributed by atoms with Gasteiger partial charge in [0.15, 0.2) is 0 Å². The second kappa shape index (κ2) is 7.32. The van der Waals surface area contributed by atoms with E-state index in [4.69, 9.17) is 0 Å². The van der Waals surface area contributed by atoms with Crippen LogP contribution in [0, 0.1) is 20.8 Å². The van der Waals surface area contributed by atoms with Gasteiger partial charge in [-0.3, -0.25) is 4.79 Å². The maximum absolute atomic E-state index is 12.8. The topological polar surface area (TPSA) is 86.7 Å². The molecular formula is C20H24N2O4S. The summed E-state index contributed by atoms with van der Waals surface area (Å²) >= 11 is 0. The highest BCUT2D eigenvalue weighted by atomic mass is 32.2. The van der Waals surface area contributed by atoms with Gasteiger partial charge in [0, 0.05) is 18.7 Å². The van der Waals surface area contributed by atoms with Gasteiger partial charge >= 0.3 is 0 Å². The van der Waals surface area contributed by atoms with Crippen LogP contribution < -0.4 is 5.32 Å². The average Bonchev–Trinajstić information content (AvgIpc) is 3.11. The standard InChI is InChI=1S/C20H24N2O4S/c1-13-10-14(2)19(15(3)11-13)20(24)21-17-12-16(6-7-18(17)23)27(25,26)22-8-4-5-9-22/h6-7,10-12,23H,4-5,8-9H2,1-3H3,(H,21,24). The quantitative estimate of drug-likeness (QED) is 0.787. The minimum Gasteiger partial charge on any atom is -0.506 e. The van der Waals surface area contributed by atoms with E-state index in [2.05, 4.69) is 5.32 Å². The van der Waals surface area contributed by atoms with Crippen LogP contribution in [0.1, 0.15) is 39.9 Å². The molecule has 144 valence electrons. The molecule has 27 heavy (non-hydrogen) atoms. The van der Waals surface area contributed by atoms with E-state index >= 15 is 0 Å². The van der Waals surface area contributed by atoms with Crippen LogP contribution >= 0.6 is 0 Å². The van der Waals surface area contributed by atoms with Crippen molar-refractivity contribution < 1.29 is 18.3 Å². The third-order valence-corrected chi connectivity index (χ3v) is 6.72. The predicted molar refractivity (Wildman–Crippen MR) is 105 cm³/mol.